The van der Waals surface area contributed by atoms with E-state index in [4.69, 9.17) is 4.74 Å². The lowest BCUT2D eigenvalue weighted by Crippen LogP contribution is -2.51. The van der Waals surface area contributed by atoms with Crippen LogP contribution in [0.1, 0.15) is 17.3 Å². The van der Waals surface area contributed by atoms with E-state index in [1.54, 1.807) is 7.11 Å². The van der Waals surface area contributed by atoms with Gasteiger partial charge in [0.15, 0.2) is 0 Å². The number of piperazine rings is 1. The van der Waals surface area contributed by atoms with Gasteiger partial charge in [0, 0.05) is 29.2 Å². The third kappa shape index (κ3) is 2.95. The Morgan fingerprint density at radius 1 is 1.56 bits per heavy atom. The fourth-order valence-corrected chi connectivity index (χ4v) is 2.80. The first-order valence-corrected chi connectivity index (χ1v) is 7.06. The summed E-state index contributed by atoms with van der Waals surface area (Å²) in [6.07, 6.45) is 0. The van der Waals surface area contributed by atoms with Crippen LogP contribution in [0.25, 0.3) is 0 Å². The number of benzene rings is 1. The third-order valence-electron chi connectivity index (χ3n) is 3.06. The first-order valence-electron chi connectivity index (χ1n) is 5.98. The molecule has 0 bridgehead atoms. The van der Waals surface area contributed by atoms with Gasteiger partial charge in [0.25, 0.3) is 5.91 Å². The van der Waals surface area contributed by atoms with Crippen molar-refractivity contribution in [1.29, 1.82) is 0 Å². The Morgan fingerprint density at radius 3 is 2.94 bits per heavy atom. The average molecular weight is 360 g/mol. The van der Waals surface area contributed by atoms with Gasteiger partial charge in [-0.05, 0) is 47.7 Å². The van der Waals surface area contributed by atoms with Gasteiger partial charge in [0.05, 0.1) is 12.7 Å². The summed E-state index contributed by atoms with van der Waals surface area (Å²) < 4.78 is 6.09. The summed E-state index contributed by atoms with van der Waals surface area (Å²) in [5, 5.41) is 3.34. The second-order valence-corrected chi connectivity index (χ2v) is 5.61. The van der Waals surface area contributed by atoms with E-state index in [0.717, 1.165) is 34.5 Å². The van der Waals surface area contributed by atoms with E-state index in [1.807, 2.05) is 23.1 Å². The summed E-state index contributed by atoms with van der Waals surface area (Å²) in [7, 11) is 1.63. The van der Waals surface area contributed by atoms with Crippen molar-refractivity contribution in [3.8, 4) is 5.75 Å². The minimum Gasteiger partial charge on any atom is -0.497 e. The number of amides is 1. The summed E-state index contributed by atoms with van der Waals surface area (Å²) in [5.41, 5.74) is 0.755. The van der Waals surface area contributed by atoms with Gasteiger partial charge in [-0.15, -0.1) is 0 Å². The van der Waals surface area contributed by atoms with Gasteiger partial charge in [0.2, 0.25) is 0 Å². The molecular formula is C13H17IN2O2. The summed E-state index contributed by atoms with van der Waals surface area (Å²) in [6, 6.07) is 5.93. The molecule has 0 aliphatic carbocycles. The number of hydrogen-bond donors (Lipinski definition) is 1. The molecule has 2 rings (SSSR count). The Kier molecular flexibility index (Phi) is 4.45. The molecule has 1 fully saturated rings. The van der Waals surface area contributed by atoms with E-state index < -0.39 is 0 Å². The summed E-state index contributed by atoms with van der Waals surface area (Å²) in [4.78, 5) is 14.3. The van der Waals surface area contributed by atoms with E-state index >= 15 is 0 Å². The fourth-order valence-electron chi connectivity index (χ4n) is 2.08. The predicted octanol–water partition coefficient (Wildman–Crippen LogP) is 1.73. The van der Waals surface area contributed by atoms with E-state index in [-0.39, 0.29) is 5.91 Å². The maximum atomic E-state index is 12.4. The molecule has 0 spiro atoms. The molecule has 1 aromatic carbocycles. The Morgan fingerprint density at radius 2 is 2.33 bits per heavy atom. The predicted molar refractivity (Wildman–Crippen MR) is 79.1 cm³/mol. The van der Waals surface area contributed by atoms with Crippen LogP contribution in [0, 0.1) is 3.57 Å². The molecule has 0 aromatic heterocycles. The van der Waals surface area contributed by atoms with Crippen molar-refractivity contribution >= 4 is 28.5 Å². The Bertz CT molecular complexity index is 451. The van der Waals surface area contributed by atoms with Gasteiger partial charge in [-0.25, -0.2) is 0 Å². The van der Waals surface area contributed by atoms with Gasteiger partial charge in [-0.1, -0.05) is 0 Å². The highest BCUT2D eigenvalue weighted by atomic mass is 127. The van der Waals surface area contributed by atoms with Crippen molar-refractivity contribution in [1.82, 2.24) is 10.2 Å². The van der Waals surface area contributed by atoms with Crippen LogP contribution in [0.4, 0.5) is 0 Å². The molecule has 1 aromatic rings. The zero-order chi connectivity index (χ0) is 13.1. The van der Waals surface area contributed by atoms with Crippen molar-refractivity contribution in [2.45, 2.75) is 13.0 Å². The highest BCUT2D eigenvalue weighted by molar-refractivity contribution is 14.1. The number of hydrogen-bond acceptors (Lipinski definition) is 3. The molecule has 1 aliphatic heterocycles. The van der Waals surface area contributed by atoms with Crippen molar-refractivity contribution in [3.63, 3.8) is 0 Å². The maximum absolute atomic E-state index is 12.4. The number of nitrogens with one attached hydrogen (secondary N) is 1. The standard InChI is InChI=1S/C13H17IN2O2/c1-9-8-16(6-5-15-9)13(17)11-4-3-10(18-2)7-12(11)14/h3-4,7,9,15H,5-6,8H2,1-2H3. The quantitative estimate of drug-likeness (QED) is 0.817. The Balaban J connectivity index is 2.17. The van der Waals surface area contributed by atoms with Gasteiger partial charge in [-0.3, -0.25) is 4.79 Å². The van der Waals surface area contributed by atoms with Crippen LogP contribution in [-0.4, -0.2) is 43.6 Å². The number of halogens is 1. The lowest BCUT2D eigenvalue weighted by atomic mass is 10.1. The molecular weight excluding hydrogens is 343 g/mol. The largest absolute Gasteiger partial charge is 0.497 e. The van der Waals surface area contributed by atoms with E-state index in [2.05, 4.69) is 34.8 Å². The van der Waals surface area contributed by atoms with E-state index in [9.17, 15) is 4.79 Å². The smallest absolute Gasteiger partial charge is 0.255 e. The fraction of sp³-hybridized carbons (Fsp3) is 0.462. The van der Waals surface area contributed by atoms with Gasteiger partial charge < -0.3 is 15.0 Å². The maximum Gasteiger partial charge on any atom is 0.255 e. The molecule has 98 valence electrons. The summed E-state index contributed by atoms with van der Waals surface area (Å²) in [5.74, 6) is 0.889. The number of nitrogens with zero attached hydrogens (tertiary/aromatic N) is 1. The molecule has 0 saturated carbocycles. The van der Waals surface area contributed by atoms with Crippen LogP contribution >= 0.6 is 22.6 Å². The lowest BCUT2D eigenvalue weighted by molar-refractivity contribution is 0.0708. The first-order chi connectivity index (χ1) is 8.61. The molecule has 18 heavy (non-hydrogen) atoms. The minimum absolute atomic E-state index is 0.107. The van der Waals surface area contributed by atoms with Gasteiger partial charge in [-0.2, -0.15) is 0 Å². The number of carbonyl (C=O) groups excluding carboxylic acids is 1. The summed E-state index contributed by atoms with van der Waals surface area (Å²) in [6.45, 7) is 4.49. The monoisotopic (exact) mass is 360 g/mol. The minimum atomic E-state index is 0.107. The van der Waals surface area contributed by atoms with Crippen molar-refractivity contribution in [3.05, 3.63) is 27.3 Å². The first kappa shape index (κ1) is 13.6. The van der Waals surface area contributed by atoms with E-state index in [0.29, 0.717) is 6.04 Å². The topological polar surface area (TPSA) is 41.6 Å². The SMILES string of the molecule is COc1ccc(C(=O)N2CCNC(C)C2)c(I)c1. The highest BCUT2D eigenvalue weighted by Gasteiger charge is 2.23. The molecule has 1 unspecified atom stereocenters. The molecule has 1 N–H and O–H groups in total. The zero-order valence-corrected chi connectivity index (χ0v) is 12.7. The third-order valence-corrected chi connectivity index (χ3v) is 3.96. The average Bonchev–Trinajstić information content (AvgIpc) is 2.37. The molecule has 1 amide bonds. The molecule has 0 radical (unpaired) electrons. The number of carbonyl (C=O) groups is 1. The second kappa shape index (κ2) is 5.88. The van der Waals surface area contributed by atoms with Crippen molar-refractivity contribution in [2.75, 3.05) is 26.7 Å². The van der Waals surface area contributed by atoms with Crippen LogP contribution < -0.4 is 10.1 Å². The van der Waals surface area contributed by atoms with Gasteiger partial charge >= 0.3 is 0 Å². The number of rotatable bonds is 2. The lowest BCUT2D eigenvalue weighted by Gasteiger charge is -2.32. The Hall–Kier alpha value is -0.820. The molecule has 1 atom stereocenters. The van der Waals surface area contributed by atoms with E-state index in [1.165, 1.54) is 0 Å². The van der Waals surface area contributed by atoms with Crippen LogP contribution in [-0.2, 0) is 0 Å². The molecule has 4 nitrogen and oxygen atoms in total. The summed E-state index contributed by atoms with van der Waals surface area (Å²) >= 11 is 2.18. The zero-order valence-electron chi connectivity index (χ0n) is 10.6. The number of ether oxygens (including phenoxy) is 1. The molecule has 5 heteroatoms. The van der Waals surface area contributed by atoms with Crippen LogP contribution in [0.3, 0.4) is 0 Å². The van der Waals surface area contributed by atoms with Gasteiger partial charge in [0.1, 0.15) is 5.75 Å². The van der Waals surface area contributed by atoms with Crippen molar-refractivity contribution in [2.24, 2.45) is 0 Å². The normalized spacial score (nSPS) is 19.7. The molecule has 1 saturated heterocycles. The number of methoxy groups -OCH3 is 1. The Labute approximate surface area is 121 Å². The van der Waals surface area contributed by atoms with Crippen LogP contribution in [0.5, 0.6) is 5.75 Å². The van der Waals surface area contributed by atoms with Crippen molar-refractivity contribution < 1.29 is 9.53 Å². The highest BCUT2D eigenvalue weighted by Crippen LogP contribution is 2.21. The van der Waals surface area contributed by atoms with Crippen LogP contribution in [0.15, 0.2) is 18.2 Å². The van der Waals surface area contributed by atoms with Crippen LogP contribution in [0.2, 0.25) is 0 Å². The molecule has 1 aliphatic rings. The molecule has 1 heterocycles. The second-order valence-electron chi connectivity index (χ2n) is 4.45.